The molecule has 1 aliphatic heterocycles. The van der Waals surface area contributed by atoms with Gasteiger partial charge in [0.1, 0.15) is 0 Å². The standard InChI is InChI=1S/C24H30N4O3/c1-2-14-25-23(30)18-6-12-21(13-7-18)27-22(29)17-26-20-10-8-19(9-11-20)24(31)28-15-4-3-5-16-28/h6-13,26H,2-5,14-17H2,1H3,(H,25,30)(H,27,29). The van der Waals surface area contributed by atoms with Crippen molar-refractivity contribution in [2.75, 3.05) is 36.8 Å². The molecule has 164 valence electrons. The SMILES string of the molecule is CCCNC(=O)c1ccc(NC(=O)CNc2ccc(C(=O)N3CCCCC3)cc2)cc1. The highest BCUT2D eigenvalue weighted by molar-refractivity contribution is 5.97. The van der Waals surface area contributed by atoms with Crippen LogP contribution in [0.1, 0.15) is 53.3 Å². The van der Waals surface area contributed by atoms with Gasteiger partial charge in [-0.25, -0.2) is 0 Å². The van der Waals surface area contributed by atoms with Crippen molar-refractivity contribution in [3.63, 3.8) is 0 Å². The molecule has 7 heteroatoms. The van der Waals surface area contributed by atoms with E-state index in [0.29, 0.717) is 23.4 Å². The van der Waals surface area contributed by atoms with Gasteiger partial charge >= 0.3 is 0 Å². The zero-order valence-electron chi connectivity index (χ0n) is 17.9. The topological polar surface area (TPSA) is 90.5 Å². The van der Waals surface area contributed by atoms with Crippen molar-refractivity contribution < 1.29 is 14.4 Å². The van der Waals surface area contributed by atoms with Crippen LogP contribution in [0.25, 0.3) is 0 Å². The fourth-order valence-electron chi connectivity index (χ4n) is 3.44. The van der Waals surface area contributed by atoms with E-state index in [1.165, 1.54) is 6.42 Å². The Balaban J connectivity index is 1.46. The fourth-order valence-corrected chi connectivity index (χ4v) is 3.44. The minimum absolute atomic E-state index is 0.0656. The van der Waals surface area contributed by atoms with E-state index in [9.17, 15) is 14.4 Å². The van der Waals surface area contributed by atoms with Crippen molar-refractivity contribution >= 4 is 29.1 Å². The van der Waals surface area contributed by atoms with Gasteiger partial charge in [-0.15, -0.1) is 0 Å². The second-order valence-corrected chi connectivity index (χ2v) is 7.67. The van der Waals surface area contributed by atoms with Gasteiger partial charge in [0.05, 0.1) is 6.54 Å². The normalized spacial score (nSPS) is 13.4. The summed E-state index contributed by atoms with van der Waals surface area (Å²) in [6.07, 6.45) is 4.20. The van der Waals surface area contributed by atoms with Crippen LogP contribution in [-0.4, -0.2) is 48.8 Å². The van der Waals surface area contributed by atoms with Crippen molar-refractivity contribution in [1.29, 1.82) is 0 Å². The molecule has 1 fully saturated rings. The molecule has 3 N–H and O–H groups in total. The predicted octanol–water partition coefficient (Wildman–Crippen LogP) is 3.50. The van der Waals surface area contributed by atoms with Crippen LogP contribution in [-0.2, 0) is 4.79 Å². The number of hydrogen-bond acceptors (Lipinski definition) is 4. The van der Waals surface area contributed by atoms with Gasteiger partial charge in [-0.3, -0.25) is 14.4 Å². The molecule has 2 aromatic carbocycles. The maximum Gasteiger partial charge on any atom is 0.253 e. The monoisotopic (exact) mass is 422 g/mol. The Morgan fingerprint density at radius 1 is 0.839 bits per heavy atom. The molecule has 0 aliphatic carbocycles. The van der Waals surface area contributed by atoms with Gasteiger partial charge < -0.3 is 20.9 Å². The molecule has 7 nitrogen and oxygen atoms in total. The van der Waals surface area contributed by atoms with E-state index in [2.05, 4.69) is 16.0 Å². The number of nitrogens with one attached hydrogen (secondary N) is 3. The molecule has 0 aromatic heterocycles. The second kappa shape index (κ2) is 11.2. The quantitative estimate of drug-likeness (QED) is 0.607. The lowest BCUT2D eigenvalue weighted by molar-refractivity contribution is -0.114. The largest absolute Gasteiger partial charge is 0.376 e. The van der Waals surface area contributed by atoms with Crippen molar-refractivity contribution in [3.05, 3.63) is 59.7 Å². The summed E-state index contributed by atoms with van der Waals surface area (Å²) in [6.45, 7) is 4.37. The number of hydrogen-bond donors (Lipinski definition) is 3. The number of carbonyl (C=O) groups excluding carboxylic acids is 3. The highest BCUT2D eigenvalue weighted by Crippen LogP contribution is 2.16. The molecule has 1 saturated heterocycles. The van der Waals surface area contributed by atoms with Crippen molar-refractivity contribution in [3.8, 4) is 0 Å². The lowest BCUT2D eigenvalue weighted by Gasteiger charge is -2.26. The van der Waals surface area contributed by atoms with Gasteiger partial charge in [0.15, 0.2) is 0 Å². The lowest BCUT2D eigenvalue weighted by atomic mass is 10.1. The Morgan fingerprint density at radius 3 is 2.10 bits per heavy atom. The van der Waals surface area contributed by atoms with Crippen molar-refractivity contribution in [2.45, 2.75) is 32.6 Å². The third kappa shape index (κ3) is 6.57. The molecule has 0 atom stereocenters. The maximum atomic E-state index is 12.5. The Bertz CT molecular complexity index is 888. The number of benzene rings is 2. The second-order valence-electron chi connectivity index (χ2n) is 7.67. The van der Waals surface area contributed by atoms with Crippen LogP contribution >= 0.6 is 0 Å². The highest BCUT2D eigenvalue weighted by Gasteiger charge is 2.17. The van der Waals surface area contributed by atoms with E-state index in [1.54, 1.807) is 36.4 Å². The summed E-state index contributed by atoms with van der Waals surface area (Å²) < 4.78 is 0. The third-order valence-electron chi connectivity index (χ3n) is 5.19. The van der Waals surface area contributed by atoms with Crippen LogP contribution in [0.3, 0.4) is 0 Å². The third-order valence-corrected chi connectivity index (χ3v) is 5.19. The first kappa shape index (κ1) is 22.3. The first-order valence-corrected chi connectivity index (χ1v) is 10.9. The van der Waals surface area contributed by atoms with Crippen LogP contribution < -0.4 is 16.0 Å². The fraction of sp³-hybridized carbons (Fsp3) is 0.375. The van der Waals surface area contributed by atoms with Gasteiger partial charge in [-0.05, 0) is 74.2 Å². The minimum Gasteiger partial charge on any atom is -0.376 e. The number of piperidine rings is 1. The molecule has 1 heterocycles. The summed E-state index contributed by atoms with van der Waals surface area (Å²) >= 11 is 0. The Labute approximate surface area is 183 Å². The highest BCUT2D eigenvalue weighted by atomic mass is 16.2. The number of rotatable bonds is 8. The lowest BCUT2D eigenvalue weighted by Crippen LogP contribution is -2.35. The van der Waals surface area contributed by atoms with E-state index in [-0.39, 0.29) is 24.3 Å². The molecule has 0 radical (unpaired) electrons. The van der Waals surface area contributed by atoms with Crippen LogP contribution in [0.2, 0.25) is 0 Å². The number of anilines is 2. The summed E-state index contributed by atoms with van der Waals surface area (Å²) in [5.74, 6) is -0.254. The summed E-state index contributed by atoms with van der Waals surface area (Å²) in [5, 5.41) is 8.68. The molecule has 0 spiro atoms. The molecule has 0 bridgehead atoms. The number of likely N-dealkylation sites (tertiary alicyclic amines) is 1. The molecule has 1 aliphatic rings. The van der Waals surface area contributed by atoms with Crippen molar-refractivity contribution in [1.82, 2.24) is 10.2 Å². The van der Waals surface area contributed by atoms with Gasteiger partial charge in [0, 0.05) is 42.1 Å². The zero-order chi connectivity index (χ0) is 22.1. The first-order chi connectivity index (χ1) is 15.1. The Hall–Kier alpha value is -3.35. The molecule has 3 amide bonds. The predicted molar refractivity (Wildman–Crippen MR) is 122 cm³/mol. The van der Waals surface area contributed by atoms with E-state index < -0.39 is 0 Å². The molecule has 0 unspecified atom stereocenters. The van der Waals surface area contributed by atoms with Gasteiger partial charge in [-0.2, -0.15) is 0 Å². The van der Waals surface area contributed by atoms with E-state index in [1.807, 2.05) is 24.0 Å². The van der Waals surface area contributed by atoms with E-state index in [0.717, 1.165) is 38.0 Å². The molecular weight excluding hydrogens is 392 g/mol. The van der Waals surface area contributed by atoms with Crippen molar-refractivity contribution in [2.24, 2.45) is 0 Å². The molecular formula is C24H30N4O3. The van der Waals surface area contributed by atoms with Gasteiger partial charge in [0.2, 0.25) is 5.91 Å². The van der Waals surface area contributed by atoms with E-state index >= 15 is 0 Å². The summed E-state index contributed by atoms with van der Waals surface area (Å²) in [4.78, 5) is 38.5. The van der Waals surface area contributed by atoms with Crippen LogP contribution in [0.5, 0.6) is 0 Å². The summed E-state index contributed by atoms with van der Waals surface area (Å²) in [6, 6.07) is 14.0. The van der Waals surface area contributed by atoms with Gasteiger partial charge in [-0.1, -0.05) is 6.92 Å². The number of nitrogens with zero attached hydrogens (tertiary/aromatic N) is 1. The first-order valence-electron chi connectivity index (χ1n) is 10.9. The minimum atomic E-state index is -0.198. The molecule has 31 heavy (non-hydrogen) atoms. The molecule has 3 rings (SSSR count). The van der Waals surface area contributed by atoms with Gasteiger partial charge in [0.25, 0.3) is 11.8 Å². The summed E-state index contributed by atoms with van der Waals surface area (Å²) in [7, 11) is 0. The zero-order valence-corrected chi connectivity index (χ0v) is 17.9. The molecule has 0 saturated carbocycles. The summed E-state index contributed by atoms with van der Waals surface area (Å²) in [5.41, 5.74) is 2.62. The van der Waals surface area contributed by atoms with Crippen LogP contribution in [0.15, 0.2) is 48.5 Å². The Morgan fingerprint density at radius 2 is 1.45 bits per heavy atom. The number of carbonyl (C=O) groups is 3. The number of amides is 3. The average molecular weight is 423 g/mol. The van der Waals surface area contributed by atoms with E-state index in [4.69, 9.17) is 0 Å². The Kier molecular flexibility index (Phi) is 8.04. The smallest absolute Gasteiger partial charge is 0.253 e. The average Bonchev–Trinajstić information content (AvgIpc) is 2.82. The molecule has 2 aromatic rings. The maximum absolute atomic E-state index is 12.5. The van der Waals surface area contributed by atoms with Crippen LogP contribution in [0, 0.1) is 0 Å². The van der Waals surface area contributed by atoms with Crippen LogP contribution in [0.4, 0.5) is 11.4 Å².